The monoisotopic (exact) mass is 248 g/mol. The third kappa shape index (κ3) is 3.12. The van der Waals surface area contributed by atoms with Gasteiger partial charge in [-0.3, -0.25) is 0 Å². The summed E-state index contributed by atoms with van der Waals surface area (Å²) in [5.74, 6) is 0. The van der Waals surface area contributed by atoms with E-state index < -0.39 is 0 Å². The number of nitrogens with two attached hydrogens (primary N) is 2. The molecule has 0 saturated carbocycles. The zero-order chi connectivity index (χ0) is 14.1. The predicted molar refractivity (Wildman–Crippen MR) is 79.6 cm³/mol. The van der Waals surface area contributed by atoms with Gasteiger partial charge < -0.3 is 11.5 Å². The van der Waals surface area contributed by atoms with Gasteiger partial charge in [-0.1, -0.05) is 52.8 Å². The average molecular weight is 248 g/mol. The quantitative estimate of drug-likeness (QED) is 0.862. The lowest BCUT2D eigenvalue weighted by molar-refractivity contribution is 0.300. The summed E-state index contributed by atoms with van der Waals surface area (Å²) in [6, 6.07) is 6.59. The van der Waals surface area contributed by atoms with E-state index in [1.807, 2.05) is 0 Å². The molecule has 1 atom stereocenters. The van der Waals surface area contributed by atoms with Gasteiger partial charge >= 0.3 is 0 Å². The van der Waals surface area contributed by atoms with Crippen LogP contribution in [0.3, 0.4) is 0 Å². The van der Waals surface area contributed by atoms with Gasteiger partial charge in [-0.15, -0.1) is 0 Å². The fraction of sp³-hybridized carbons (Fsp3) is 0.625. The Labute approximate surface area is 112 Å². The molecule has 1 aromatic rings. The molecule has 1 unspecified atom stereocenters. The Bertz CT molecular complexity index is 414. The minimum absolute atomic E-state index is 0.0171. The lowest BCUT2D eigenvalue weighted by Gasteiger charge is -2.32. The highest BCUT2D eigenvalue weighted by Crippen LogP contribution is 2.33. The largest absolute Gasteiger partial charge is 0.330 e. The Balaban J connectivity index is 3.14. The Morgan fingerprint density at radius 1 is 1.11 bits per heavy atom. The number of benzene rings is 1. The van der Waals surface area contributed by atoms with Gasteiger partial charge in [0.2, 0.25) is 0 Å². The first-order valence-electron chi connectivity index (χ1n) is 6.66. The van der Waals surface area contributed by atoms with Crippen molar-refractivity contribution in [1.82, 2.24) is 0 Å². The van der Waals surface area contributed by atoms with Crippen LogP contribution in [0.25, 0.3) is 0 Å². The highest BCUT2D eigenvalue weighted by atomic mass is 14.7. The van der Waals surface area contributed by atoms with E-state index in [2.05, 4.69) is 59.7 Å². The zero-order valence-corrected chi connectivity index (χ0v) is 12.7. The topological polar surface area (TPSA) is 52.0 Å². The molecule has 0 aliphatic heterocycles. The van der Waals surface area contributed by atoms with Crippen LogP contribution in [0, 0.1) is 12.3 Å². The van der Waals surface area contributed by atoms with Gasteiger partial charge in [0, 0.05) is 6.04 Å². The van der Waals surface area contributed by atoms with Crippen LogP contribution in [-0.4, -0.2) is 6.54 Å². The molecule has 102 valence electrons. The normalized spacial score (nSPS) is 14.7. The van der Waals surface area contributed by atoms with E-state index in [9.17, 15) is 0 Å². The first kappa shape index (κ1) is 15.2. The summed E-state index contributed by atoms with van der Waals surface area (Å²) in [5.41, 5.74) is 16.1. The van der Waals surface area contributed by atoms with E-state index in [0.717, 1.165) is 0 Å². The summed E-state index contributed by atoms with van der Waals surface area (Å²) >= 11 is 0. The van der Waals surface area contributed by atoms with E-state index in [-0.39, 0.29) is 16.9 Å². The Hall–Kier alpha value is -0.860. The first-order chi connectivity index (χ1) is 8.09. The third-order valence-corrected chi connectivity index (χ3v) is 3.84. The molecule has 0 heterocycles. The smallest absolute Gasteiger partial charge is 0.0361 e. The van der Waals surface area contributed by atoms with E-state index in [4.69, 9.17) is 11.5 Å². The maximum atomic E-state index is 6.36. The molecule has 0 aliphatic carbocycles. The van der Waals surface area contributed by atoms with Crippen molar-refractivity contribution >= 4 is 0 Å². The molecule has 0 bridgehead atoms. The van der Waals surface area contributed by atoms with Crippen LogP contribution in [0.4, 0.5) is 0 Å². The molecule has 18 heavy (non-hydrogen) atoms. The second-order valence-corrected chi connectivity index (χ2v) is 6.99. The van der Waals surface area contributed by atoms with Crippen LogP contribution in [0.1, 0.15) is 57.4 Å². The van der Waals surface area contributed by atoms with Crippen molar-refractivity contribution in [2.75, 3.05) is 6.54 Å². The summed E-state index contributed by atoms with van der Waals surface area (Å²) in [6.45, 7) is 13.6. The standard InChI is InChI=1S/C16H28N2/c1-11-9-12(15(2,3)4)7-8-13(11)14(18)16(5,6)10-17/h7-9,14H,10,17-18H2,1-6H3. The van der Waals surface area contributed by atoms with Crippen molar-refractivity contribution < 1.29 is 0 Å². The van der Waals surface area contributed by atoms with Crippen molar-refractivity contribution in [3.8, 4) is 0 Å². The van der Waals surface area contributed by atoms with Gasteiger partial charge in [-0.2, -0.15) is 0 Å². The molecule has 1 aromatic carbocycles. The van der Waals surface area contributed by atoms with Gasteiger partial charge in [0.1, 0.15) is 0 Å². The molecular formula is C16H28N2. The molecule has 0 spiro atoms. The molecule has 4 N–H and O–H groups in total. The molecule has 0 amide bonds. The number of aryl methyl sites for hydroxylation is 1. The molecule has 0 fully saturated rings. The summed E-state index contributed by atoms with van der Waals surface area (Å²) < 4.78 is 0. The number of hydrogen-bond acceptors (Lipinski definition) is 2. The summed E-state index contributed by atoms with van der Waals surface area (Å²) in [6.07, 6.45) is 0. The van der Waals surface area contributed by atoms with Crippen LogP contribution in [-0.2, 0) is 5.41 Å². The van der Waals surface area contributed by atoms with E-state index >= 15 is 0 Å². The Morgan fingerprint density at radius 3 is 2.06 bits per heavy atom. The summed E-state index contributed by atoms with van der Waals surface area (Å²) in [5, 5.41) is 0. The fourth-order valence-corrected chi connectivity index (χ4v) is 2.04. The maximum Gasteiger partial charge on any atom is 0.0361 e. The van der Waals surface area contributed by atoms with Crippen molar-refractivity contribution in [1.29, 1.82) is 0 Å². The minimum Gasteiger partial charge on any atom is -0.330 e. The Kier molecular flexibility index (Phi) is 4.24. The van der Waals surface area contributed by atoms with E-state index in [1.54, 1.807) is 0 Å². The molecular weight excluding hydrogens is 220 g/mol. The van der Waals surface area contributed by atoms with Crippen LogP contribution in [0.15, 0.2) is 18.2 Å². The highest BCUT2D eigenvalue weighted by molar-refractivity contribution is 5.36. The van der Waals surface area contributed by atoms with Crippen molar-refractivity contribution in [3.63, 3.8) is 0 Å². The summed E-state index contributed by atoms with van der Waals surface area (Å²) in [7, 11) is 0. The minimum atomic E-state index is -0.0754. The zero-order valence-electron chi connectivity index (χ0n) is 12.7. The van der Waals surface area contributed by atoms with Gasteiger partial charge in [0.25, 0.3) is 0 Å². The molecule has 1 rings (SSSR count). The first-order valence-corrected chi connectivity index (χ1v) is 6.66. The van der Waals surface area contributed by atoms with Gasteiger partial charge in [0.05, 0.1) is 0 Å². The maximum absolute atomic E-state index is 6.36. The van der Waals surface area contributed by atoms with E-state index in [1.165, 1.54) is 16.7 Å². The van der Waals surface area contributed by atoms with E-state index in [0.29, 0.717) is 6.54 Å². The van der Waals surface area contributed by atoms with Crippen molar-refractivity contribution in [3.05, 3.63) is 34.9 Å². The number of rotatable bonds is 3. The SMILES string of the molecule is Cc1cc(C(C)(C)C)ccc1C(N)C(C)(C)CN. The highest BCUT2D eigenvalue weighted by Gasteiger charge is 2.27. The fourth-order valence-electron chi connectivity index (χ4n) is 2.04. The van der Waals surface area contributed by atoms with Crippen LogP contribution in [0.5, 0.6) is 0 Å². The third-order valence-electron chi connectivity index (χ3n) is 3.84. The molecule has 2 nitrogen and oxygen atoms in total. The molecule has 0 aromatic heterocycles. The second-order valence-electron chi connectivity index (χ2n) is 6.99. The molecule has 2 heteroatoms. The summed E-state index contributed by atoms with van der Waals surface area (Å²) in [4.78, 5) is 0. The van der Waals surface area contributed by atoms with Gasteiger partial charge in [0.15, 0.2) is 0 Å². The Morgan fingerprint density at radius 2 is 1.67 bits per heavy atom. The van der Waals surface area contributed by atoms with Crippen molar-refractivity contribution in [2.24, 2.45) is 16.9 Å². The van der Waals surface area contributed by atoms with Gasteiger partial charge in [-0.25, -0.2) is 0 Å². The van der Waals surface area contributed by atoms with Crippen LogP contribution >= 0.6 is 0 Å². The van der Waals surface area contributed by atoms with Crippen molar-refractivity contribution in [2.45, 2.75) is 53.0 Å². The van der Waals surface area contributed by atoms with Crippen LogP contribution in [0.2, 0.25) is 0 Å². The average Bonchev–Trinajstić information content (AvgIpc) is 2.26. The van der Waals surface area contributed by atoms with Gasteiger partial charge in [-0.05, 0) is 41.0 Å². The molecule has 0 aliphatic rings. The predicted octanol–water partition coefficient (Wildman–Crippen LogP) is 3.28. The lowest BCUT2D eigenvalue weighted by Crippen LogP contribution is -2.36. The van der Waals surface area contributed by atoms with Crippen LogP contribution < -0.4 is 11.5 Å². The second kappa shape index (κ2) is 5.02. The number of hydrogen-bond donors (Lipinski definition) is 2. The molecule has 0 radical (unpaired) electrons. The lowest BCUT2D eigenvalue weighted by atomic mass is 9.78. The molecule has 0 saturated heterocycles.